The van der Waals surface area contributed by atoms with Gasteiger partial charge in [-0.2, -0.15) is 0 Å². The van der Waals surface area contributed by atoms with Gasteiger partial charge >= 0.3 is 6.08 Å². The van der Waals surface area contributed by atoms with E-state index in [0.29, 0.717) is 28.4 Å². The van der Waals surface area contributed by atoms with Crippen LogP contribution in [-0.2, 0) is 13.7 Å². The highest BCUT2D eigenvalue weighted by Crippen LogP contribution is 2.21. The minimum atomic E-state index is -0.125. The Bertz CT molecular complexity index is 1400. The smallest absolute Gasteiger partial charge is 0.415 e. The Morgan fingerprint density at radius 3 is 2.69 bits per heavy atom. The van der Waals surface area contributed by atoms with Crippen LogP contribution in [0.3, 0.4) is 0 Å². The number of aromatic nitrogens is 6. The molecule has 29 heavy (non-hydrogen) atoms. The van der Waals surface area contributed by atoms with Gasteiger partial charge in [0.25, 0.3) is 11.4 Å². The minimum Gasteiger partial charge on any atom is -0.441 e. The topological polar surface area (TPSA) is 100 Å². The van der Waals surface area contributed by atoms with Crippen LogP contribution in [0.5, 0.6) is 6.08 Å². The lowest BCUT2D eigenvalue weighted by molar-refractivity contribution is 0.215. The maximum Gasteiger partial charge on any atom is 0.415 e. The van der Waals surface area contributed by atoms with Crippen molar-refractivity contribution in [2.45, 2.75) is 13.5 Å². The van der Waals surface area contributed by atoms with E-state index in [-0.39, 0.29) is 18.2 Å². The van der Waals surface area contributed by atoms with E-state index in [1.807, 2.05) is 55.5 Å². The normalized spacial score (nSPS) is 11.4. The highest BCUT2D eigenvalue weighted by atomic mass is 16.6. The van der Waals surface area contributed by atoms with Crippen LogP contribution in [0.25, 0.3) is 28.1 Å². The molecular weight excluding hydrogens is 372 g/mol. The summed E-state index contributed by atoms with van der Waals surface area (Å²) in [4.78, 5) is 12.6. The van der Waals surface area contributed by atoms with Crippen molar-refractivity contribution in [2.24, 2.45) is 7.05 Å². The highest BCUT2D eigenvalue weighted by Gasteiger charge is 2.16. The molecule has 0 saturated carbocycles. The Morgan fingerprint density at radius 2 is 1.86 bits per heavy atom. The van der Waals surface area contributed by atoms with Gasteiger partial charge in [-0.3, -0.25) is 13.8 Å². The maximum atomic E-state index is 12.6. The highest BCUT2D eigenvalue weighted by molar-refractivity contribution is 5.81. The standard InChI is InChI=1S/C20H16N6O3/c1-12-8-9-15-14(10-12)18(27)25(2)19-23-21-16(26(15)19)11-28-20-24-22-17(29-20)13-6-4-3-5-7-13/h3-10H,11H2,1-2H3. The largest absolute Gasteiger partial charge is 0.441 e. The molecule has 3 heterocycles. The number of benzene rings is 2. The van der Waals surface area contributed by atoms with Gasteiger partial charge in [0.05, 0.1) is 10.9 Å². The molecule has 0 amide bonds. The summed E-state index contributed by atoms with van der Waals surface area (Å²) in [6, 6.07) is 15.1. The van der Waals surface area contributed by atoms with Gasteiger partial charge in [0, 0.05) is 12.6 Å². The first-order valence-corrected chi connectivity index (χ1v) is 8.97. The van der Waals surface area contributed by atoms with E-state index in [2.05, 4.69) is 20.4 Å². The lowest BCUT2D eigenvalue weighted by Gasteiger charge is -2.08. The average Bonchev–Trinajstić information content (AvgIpc) is 3.38. The average molecular weight is 388 g/mol. The van der Waals surface area contributed by atoms with Crippen LogP contribution in [0.1, 0.15) is 11.4 Å². The van der Waals surface area contributed by atoms with Gasteiger partial charge in [-0.05, 0) is 31.2 Å². The van der Waals surface area contributed by atoms with Crippen LogP contribution >= 0.6 is 0 Å². The Kier molecular flexibility index (Phi) is 3.87. The van der Waals surface area contributed by atoms with Crippen molar-refractivity contribution in [1.82, 2.24) is 29.4 Å². The first-order chi connectivity index (χ1) is 14.1. The Hall–Kier alpha value is -4.01. The Balaban J connectivity index is 1.51. The molecule has 0 aliphatic rings. The second kappa shape index (κ2) is 6.55. The summed E-state index contributed by atoms with van der Waals surface area (Å²) >= 11 is 0. The summed E-state index contributed by atoms with van der Waals surface area (Å²) in [7, 11) is 1.67. The predicted molar refractivity (Wildman–Crippen MR) is 105 cm³/mol. The lowest BCUT2D eigenvalue weighted by atomic mass is 10.1. The fraction of sp³-hybridized carbons (Fsp3) is 0.150. The van der Waals surface area contributed by atoms with Crippen molar-refractivity contribution in [3.8, 4) is 17.5 Å². The van der Waals surface area contributed by atoms with E-state index in [1.54, 1.807) is 11.4 Å². The van der Waals surface area contributed by atoms with E-state index in [0.717, 1.165) is 11.1 Å². The summed E-state index contributed by atoms with van der Waals surface area (Å²) in [5, 5.41) is 16.9. The third-order valence-electron chi connectivity index (χ3n) is 4.69. The number of aryl methyl sites for hydroxylation is 2. The number of hydrogen-bond donors (Lipinski definition) is 0. The lowest BCUT2D eigenvalue weighted by Crippen LogP contribution is -2.20. The molecule has 5 aromatic rings. The summed E-state index contributed by atoms with van der Waals surface area (Å²) < 4.78 is 14.5. The van der Waals surface area contributed by atoms with E-state index in [1.165, 1.54) is 4.57 Å². The Morgan fingerprint density at radius 1 is 1.03 bits per heavy atom. The number of ether oxygens (including phenoxy) is 1. The van der Waals surface area contributed by atoms with Crippen LogP contribution in [-0.4, -0.2) is 29.4 Å². The molecular formula is C20H16N6O3. The summed E-state index contributed by atoms with van der Waals surface area (Å²) in [5.74, 6) is 1.32. The van der Waals surface area contributed by atoms with E-state index < -0.39 is 0 Å². The maximum absolute atomic E-state index is 12.6. The second-order valence-electron chi connectivity index (χ2n) is 6.66. The third-order valence-corrected chi connectivity index (χ3v) is 4.69. The third kappa shape index (κ3) is 2.83. The molecule has 0 spiro atoms. The molecule has 3 aromatic heterocycles. The second-order valence-corrected chi connectivity index (χ2v) is 6.66. The van der Waals surface area contributed by atoms with E-state index in [4.69, 9.17) is 9.15 Å². The molecule has 5 rings (SSSR count). The van der Waals surface area contributed by atoms with Crippen molar-refractivity contribution in [1.29, 1.82) is 0 Å². The molecule has 9 nitrogen and oxygen atoms in total. The molecule has 0 atom stereocenters. The zero-order valence-corrected chi connectivity index (χ0v) is 15.7. The summed E-state index contributed by atoms with van der Waals surface area (Å²) in [6.45, 7) is 2.00. The predicted octanol–water partition coefficient (Wildman–Crippen LogP) is 2.52. The van der Waals surface area contributed by atoms with Gasteiger partial charge in [-0.25, -0.2) is 0 Å². The van der Waals surface area contributed by atoms with Crippen LogP contribution in [0.4, 0.5) is 0 Å². The van der Waals surface area contributed by atoms with Crippen molar-refractivity contribution in [2.75, 3.05) is 0 Å². The summed E-state index contributed by atoms with van der Waals surface area (Å²) in [6.07, 6.45) is 0.0329. The molecule has 0 bridgehead atoms. The van der Waals surface area contributed by atoms with Crippen LogP contribution < -0.4 is 10.3 Å². The molecule has 2 aromatic carbocycles. The number of nitrogens with zero attached hydrogens (tertiary/aromatic N) is 6. The Labute approximate surface area is 164 Å². The van der Waals surface area contributed by atoms with Gasteiger partial charge in [-0.15, -0.1) is 15.3 Å². The molecule has 0 unspecified atom stereocenters. The number of hydrogen-bond acceptors (Lipinski definition) is 7. The van der Waals surface area contributed by atoms with Crippen molar-refractivity contribution >= 4 is 16.7 Å². The van der Waals surface area contributed by atoms with Gasteiger partial charge < -0.3 is 9.15 Å². The van der Waals surface area contributed by atoms with E-state index in [9.17, 15) is 4.79 Å². The molecule has 0 N–H and O–H groups in total. The van der Waals surface area contributed by atoms with Crippen molar-refractivity contribution in [3.05, 3.63) is 70.3 Å². The SMILES string of the molecule is Cc1ccc2c(c1)c(=O)n(C)c1nnc(COc3nnc(-c4ccccc4)o3)n21. The molecule has 9 heteroatoms. The molecule has 0 aliphatic heterocycles. The summed E-state index contributed by atoms with van der Waals surface area (Å²) in [5.41, 5.74) is 2.39. The van der Waals surface area contributed by atoms with Crippen molar-refractivity contribution in [3.63, 3.8) is 0 Å². The fourth-order valence-electron chi connectivity index (χ4n) is 3.24. The van der Waals surface area contributed by atoms with Crippen LogP contribution in [0.15, 0.2) is 57.7 Å². The monoisotopic (exact) mass is 388 g/mol. The number of fused-ring (bicyclic) bond motifs is 3. The molecule has 0 fully saturated rings. The van der Waals surface area contributed by atoms with Gasteiger partial charge in [0.2, 0.25) is 5.78 Å². The molecule has 0 aliphatic carbocycles. The molecule has 0 radical (unpaired) electrons. The van der Waals surface area contributed by atoms with Crippen LogP contribution in [0, 0.1) is 6.92 Å². The number of rotatable bonds is 4. The van der Waals surface area contributed by atoms with Gasteiger partial charge in [-0.1, -0.05) is 34.9 Å². The zero-order chi connectivity index (χ0) is 20.0. The first-order valence-electron chi connectivity index (χ1n) is 8.97. The van der Waals surface area contributed by atoms with Gasteiger partial charge in [0.1, 0.15) is 0 Å². The zero-order valence-electron chi connectivity index (χ0n) is 15.7. The fourth-order valence-corrected chi connectivity index (χ4v) is 3.24. The molecule has 0 saturated heterocycles. The van der Waals surface area contributed by atoms with Crippen LogP contribution in [0.2, 0.25) is 0 Å². The first kappa shape index (κ1) is 17.1. The van der Waals surface area contributed by atoms with Crippen molar-refractivity contribution < 1.29 is 9.15 Å². The minimum absolute atomic E-state index is 0.0329. The quantitative estimate of drug-likeness (QED) is 0.466. The van der Waals surface area contributed by atoms with E-state index >= 15 is 0 Å². The molecule has 144 valence electrons. The van der Waals surface area contributed by atoms with Gasteiger partial charge in [0.15, 0.2) is 12.4 Å².